The van der Waals surface area contributed by atoms with Gasteiger partial charge in [-0.15, -0.1) is 0 Å². The molecule has 4 nitrogen and oxygen atoms in total. The molecule has 0 radical (unpaired) electrons. The third-order valence-corrected chi connectivity index (χ3v) is 4.62. The number of rotatable bonds is 4. The zero-order valence-electron chi connectivity index (χ0n) is 13.6. The van der Waals surface area contributed by atoms with E-state index in [4.69, 9.17) is 12.2 Å². The van der Waals surface area contributed by atoms with E-state index in [0.717, 1.165) is 24.7 Å². The van der Waals surface area contributed by atoms with Crippen molar-refractivity contribution in [1.29, 1.82) is 0 Å². The first-order chi connectivity index (χ1) is 10.1. The Labute approximate surface area is 134 Å². The van der Waals surface area contributed by atoms with E-state index in [0.29, 0.717) is 6.04 Å². The minimum Gasteiger partial charge on any atom is -0.357 e. The molecule has 118 valence electrons. The first-order valence-corrected chi connectivity index (χ1v) is 8.45. The second kappa shape index (κ2) is 7.80. The van der Waals surface area contributed by atoms with Gasteiger partial charge in [0.15, 0.2) is 5.11 Å². The molecular formula is C16H29N4S+. The molecule has 0 saturated carbocycles. The van der Waals surface area contributed by atoms with Crippen molar-refractivity contribution in [3.05, 3.63) is 24.0 Å². The highest BCUT2D eigenvalue weighted by Crippen LogP contribution is 2.30. The van der Waals surface area contributed by atoms with Crippen LogP contribution in [-0.2, 0) is 7.05 Å². The second-order valence-electron chi connectivity index (χ2n) is 6.29. The molecule has 2 heterocycles. The number of nitrogens with one attached hydrogen (secondary N) is 2. The van der Waals surface area contributed by atoms with Gasteiger partial charge in [0.1, 0.15) is 0 Å². The van der Waals surface area contributed by atoms with E-state index in [1.807, 2.05) is 0 Å². The van der Waals surface area contributed by atoms with Gasteiger partial charge in [-0.3, -0.25) is 0 Å². The van der Waals surface area contributed by atoms with Gasteiger partial charge in [0.25, 0.3) is 0 Å². The maximum absolute atomic E-state index is 5.68. The largest absolute Gasteiger partial charge is 0.357 e. The van der Waals surface area contributed by atoms with Crippen LogP contribution in [-0.4, -0.2) is 48.3 Å². The number of likely N-dealkylation sites (N-methyl/N-ethyl adjacent to an activating group) is 1. The van der Waals surface area contributed by atoms with Gasteiger partial charge in [0.05, 0.1) is 33.2 Å². The van der Waals surface area contributed by atoms with Crippen LogP contribution in [0.15, 0.2) is 18.3 Å². The third kappa shape index (κ3) is 4.45. The van der Waals surface area contributed by atoms with Crippen molar-refractivity contribution >= 4 is 17.3 Å². The number of quaternary nitrogens is 1. The standard InChI is InChI=1S/C16H28N4S/c1-18(2)13-10-17-16(21)20-12-6-4-5-8-15(20)14-9-7-11-19(14)3/h7,9,11,15H,4-6,8,10,12-13H2,1-3H3,(H,17,21)/p+1/t15-/m1/s1. The molecule has 1 aliphatic heterocycles. The molecule has 0 aromatic carbocycles. The summed E-state index contributed by atoms with van der Waals surface area (Å²) in [7, 11) is 6.47. The van der Waals surface area contributed by atoms with E-state index in [9.17, 15) is 0 Å². The molecule has 1 aromatic rings. The SMILES string of the molecule is Cn1cccc1[C@H]1CCCCCN1C(=S)NCC[NH+](C)C. The Morgan fingerprint density at radius 1 is 1.38 bits per heavy atom. The summed E-state index contributed by atoms with van der Waals surface area (Å²) < 4.78 is 2.23. The van der Waals surface area contributed by atoms with Crippen molar-refractivity contribution in [2.45, 2.75) is 31.7 Å². The summed E-state index contributed by atoms with van der Waals surface area (Å²) in [6.45, 7) is 3.09. The Hall–Kier alpha value is -1.07. The molecule has 0 unspecified atom stereocenters. The first kappa shape index (κ1) is 16.3. The van der Waals surface area contributed by atoms with E-state index in [-0.39, 0.29) is 0 Å². The lowest BCUT2D eigenvalue weighted by Gasteiger charge is -2.33. The molecule has 21 heavy (non-hydrogen) atoms. The van der Waals surface area contributed by atoms with Gasteiger partial charge in [0, 0.05) is 25.5 Å². The van der Waals surface area contributed by atoms with Crippen LogP contribution in [0.1, 0.15) is 37.4 Å². The summed E-state index contributed by atoms with van der Waals surface area (Å²) in [4.78, 5) is 3.85. The van der Waals surface area contributed by atoms with Crippen LogP contribution >= 0.6 is 12.2 Å². The highest BCUT2D eigenvalue weighted by atomic mass is 32.1. The van der Waals surface area contributed by atoms with E-state index in [1.165, 1.54) is 36.3 Å². The third-order valence-electron chi connectivity index (χ3n) is 4.24. The van der Waals surface area contributed by atoms with E-state index in [2.05, 4.69) is 54.3 Å². The molecule has 2 N–H and O–H groups in total. The van der Waals surface area contributed by atoms with Gasteiger partial charge in [0.2, 0.25) is 0 Å². The number of thiocarbonyl (C=S) groups is 1. The Morgan fingerprint density at radius 2 is 2.19 bits per heavy atom. The molecule has 0 bridgehead atoms. The lowest BCUT2D eigenvalue weighted by molar-refractivity contribution is -0.856. The van der Waals surface area contributed by atoms with Crippen LogP contribution in [0.4, 0.5) is 0 Å². The normalized spacial score (nSPS) is 19.6. The average molecular weight is 310 g/mol. The molecule has 1 aliphatic rings. The predicted octanol–water partition coefficient (Wildman–Crippen LogP) is 0.961. The fourth-order valence-corrected chi connectivity index (χ4v) is 3.32. The van der Waals surface area contributed by atoms with Crippen molar-refractivity contribution in [2.24, 2.45) is 7.05 Å². The molecule has 1 saturated heterocycles. The molecule has 0 aliphatic carbocycles. The van der Waals surface area contributed by atoms with Gasteiger partial charge in [-0.1, -0.05) is 12.8 Å². The average Bonchev–Trinajstić information content (AvgIpc) is 2.72. The van der Waals surface area contributed by atoms with Crippen LogP contribution in [0, 0.1) is 0 Å². The van der Waals surface area contributed by atoms with Crippen LogP contribution in [0.5, 0.6) is 0 Å². The fourth-order valence-electron chi connectivity index (χ4n) is 3.00. The van der Waals surface area contributed by atoms with Crippen molar-refractivity contribution < 1.29 is 4.90 Å². The van der Waals surface area contributed by atoms with Crippen molar-refractivity contribution in [2.75, 3.05) is 33.7 Å². The minimum absolute atomic E-state index is 0.416. The maximum atomic E-state index is 5.68. The maximum Gasteiger partial charge on any atom is 0.169 e. The molecule has 2 rings (SSSR count). The summed E-state index contributed by atoms with van der Waals surface area (Å²) in [5, 5.41) is 4.37. The first-order valence-electron chi connectivity index (χ1n) is 8.04. The molecular weight excluding hydrogens is 280 g/mol. The number of hydrogen-bond donors (Lipinski definition) is 2. The number of likely N-dealkylation sites (tertiary alicyclic amines) is 1. The van der Waals surface area contributed by atoms with Gasteiger partial charge in [-0.25, -0.2) is 0 Å². The van der Waals surface area contributed by atoms with Crippen molar-refractivity contribution in [3.8, 4) is 0 Å². The van der Waals surface area contributed by atoms with Crippen LogP contribution in [0.2, 0.25) is 0 Å². The van der Waals surface area contributed by atoms with Crippen molar-refractivity contribution in [1.82, 2.24) is 14.8 Å². The topological polar surface area (TPSA) is 24.6 Å². The zero-order chi connectivity index (χ0) is 15.2. The summed E-state index contributed by atoms with van der Waals surface area (Å²) in [6.07, 6.45) is 7.16. The monoisotopic (exact) mass is 309 g/mol. The molecule has 1 fully saturated rings. The van der Waals surface area contributed by atoms with Gasteiger partial charge >= 0.3 is 0 Å². The van der Waals surface area contributed by atoms with Crippen molar-refractivity contribution in [3.63, 3.8) is 0 Å². The van der Waals surface area contributed by atoms with Gasteiger partial charge < -0.3 is 19.7 Å². The van der Waals surface area contributed by atoms with Crippen LogP contribution < -0.4 is 10.2 Å². The minimum atomic E-state index is 0.416. The summed E-state index contributed by atoms with van der Waals surface area (Å²) in [6, 6.07) is 4.78. The van der Waals surface area contributed by atoms with E-state index in [1.54, 1.807) is 0 Å². The molecule has 1 aromatic heterocycles. The Balaban J connectivity index is 2.05. The lowest BCUT2D eigenvalue weighted by Crippen LogP contribution is -3.06. The number of aryl methyl sites for hydroxylation is 1. The quantitative estimate of drug-likeness (QED) is 0.811. The number of nitrogens with zero attached hydrogens (tertiary/aromatic N) is 2. The molecule has 1 atom stereocenters. The molecule has 0 spiro atoms. The number of aromatic nitrogens is 1. The summed E-state index contributed by atoms with van der Waals surface area (Å²) in [5.74, 6) is 0. The van der Waals surface area contributed by atoms with Crippen LogP contribution in [0.25, 0.3) is 0 Å². The Kier molecular flexibility index (Phi) is 6.06. The van der Waals surface area contributed by atoms with Gasteiger partial charge in [-0.05, 0) is 37.2 Å². The molecule has 5 heteroatoms. The Morgan fingerprint density at radius 3 is 2.86 bits per heavy atom. The fraction of sp³-hybridized carbons (Fsp3) is 0.688. The molecule has 0 amide bonds. The van der Waals surface area contributed by atoms with Crippen LogP contribution in [0.3, 0.4) is 0 Å². The second-order valence-corrected chi connectivity index (χ2v) is 6.68. The highest BCUT2D eigenvalue weighted by Gasteiger charge is 2.26. The number of hydrogen-bond acceptors (Lipinski definition) is 1. The lowest BCUT2D eigenvalue weighted by atomic mass is 10.1. The van der Waals surface area contributed by atoms with Gasteiger partial charge in [-0.2, -0.15) is 0 Å². The summed E-state index contributed by atoms with van der Waals surface area (Å²) in [5.41, 5.74) is 1.37. The summed E-state index contributed by atoms with van der Waals surface area (Å²) >= 11 is 5.68. The van der Waals surface area contributed by atoms with E-state index >= 15 is 0 Å². The van der Waals surface area contributed by atoms with E-state index < -0.39 is 0 Å². The predicted molar refractivity (Wildman–Crippen MR) is 91.6 cm³/mol. The smallest absolute Gasteiger partial charge is 0.169 e. The highest BCUT2D eigenvalue weighted by molar-refractivity contribution is 7.80. The zero-order valence-corrected chi connectivity index (χ0v) is 14.4. The Bertz CT molecular complexity index is 455.